The number of rotatable bonds is 11. The minimum Gasteiger partial charge on any atom is -0.354 e. The molecule has 31 heavy (non-hydrogen) atoms. The smallest absolute Gasteiger partial charge is 0.242 e. The van der Waals surface area contributed by atoms with Gasteiger partial charge >= 0.3 is 0 Å². The number of halogens is 2. The number of carbonyl (C=O) groups is 2. The lowest BCUT2D eigenvalue weighted by molar-refractivity contribution is -0.140. The molecule has 2 rings (SSSR count). The Morgan fingerprint density at radius 1 is 1.13 bits per heavy atom. The molecule has 2 aromatic rings. The Hall–Kier alpha value is -1.50. The zero-order valence-electron chi connectivity index (χ0n) is 18.2. The first-order valence-electron chi connectivity index (χ1n) is 10.5. The van der Waals surface area contributed by atoms with Gasteiger partial charge in [0.1, 0.15) is 6.04 Å². The van der Waals surface area contributed by atoms with Gasteiger partial charge in [0, 0.05) is 33.9 Å². The molecule has 0 saturated heterocycles. The average Bonchev–Trinajstić information content (AvgIpc) is 2.74. The Morgan fingerprint density at radius 2 is 1.84 bits per heavy atom. The minimum absolute atomic E-state index is 0.0103. The van der Waals surface area contributed by atoms with E-state index in [2.05, 4.69) is 21.2 Å². The fraction of sp³-hybridized carbons (Fsp3) is 0.417. The van der Waals surface area contributed by atoms with E-state index in [1.807, 2.05) is 62.4 Å². The summed E-state index contributed by atoms with van der Waals surface area (Å²) in [5.74, 6) is 1.05. The predicted molar refractivity (Wildman–Crippen MR) is 133 cm³/mol. The Balaban J connectivity index is 1.98. The van der Waals surface area contributed by atoms with Crippen molar-refractivity contribution in [2.24, 2.45) is 5.92 Å². The first kappa shape index (κ1) is 25.8. The van der Waals surface area contributed by atoms with E-state index in [4.69, 9.17) is 11.6 Å². The normalized spacial score (nSPS) is 11.9. The third-order valence-electron chi connectivity index (χ3n) is 4.71. The molecule has 0 aliphatic heterocycles. The predicted octanol–water partition coefficient (Wildman–Crippen LogP) is 6.16. The van der Waals surface area contributed by atoms with Gasteiger partial charge in [0.2, 0.25) is 11.8 Å². The number of amides is 2. The summed E-state index contributed by atoms with van der Waals surface area (Å²) >= 11 is 11.1. The highest BCUT2D eigenvalue weighted by molar-refractivity contribution is 9.10. The monoisotopic (exact) mass is 524 g/mol. The lowest BCUT2D eigenvalue weighted by atomic mass is 10.1. The molecule has 7 heteroatoms. The van der Waals surface area contributed by atoms with Gasteiger partial charge in [-0.05, 0) is 67.0 Å². The third-order valence-corrected chi connectivity index (χ3v) is 6.55. The zero-order chi connectivity index (χ0) is 22.8. The summed E-state index contributed by atoms with van der Waals surface area (Å²) in [6.07, 6.45) is 1.14. The van der Waals surface area contributed by atoms with Crippen LogP contribution in [0.1, 0.15) is 39.2 Å². The van der Waals surface area contributed by atoms with E-state index in [0.29, 0.717) is 30.5 Å². The first-order chi connectivity index (χ1) is 14.8. The van der Waals surface area contributed by atoms with Crippen LogP contribution in [0.4, 0.5) is 0 Å². The summed E-state index contributed by atoms with van der Waals surface area (Å²) in [5.41, 5.74) is 0.988. The summed E-state index contributed by atoms with van der Waals surface area (Å²) in [7, 11) is 0. The number of carbonyl (C=O) groups excluding carboxylic acids is 2. The van der Waals surface area contributed by atoms with E-state index in [9.17, 15) is 9.59 Å². The standard InChI is InChI=1S/C24H30BrClN2O2S/c1-17(2)15-27-24(30)18(3)28(16-19-6-4-7-20(25)14-19)23(29)8-5-13-31-22-11-9-21(26)10-12-22/h4,6-7,9-12,14,17-18H,5,8,13,15-16H2,1-3H3,(H,27,30). The summed E-state index contributed by atoms with van der Waals surface area (Å²) in [5, 5.41) is 3.67. The molecule has 168 valence electrons. The van der Waals surface area contributed by atoms with Crippen molar-refractivity contribution in [3.05, 3.63) is 63.6 Å². The van der Waals surface area contributed by atoms with Crippen molar-refractivity contribution in [3.63, 3.8) is 0 Å². The van der Waals surface area contributed by atoms with Gasteiger partial charge < -0.3 is 10.2 Å². The van der Waals surface area contributed by atoms with E-state index >= 15 is 0 Å². The SMILES string of the molecule is CC(C)CNC(=O)C(C)N(Cc1cccc(Br)c1)C(=O)CCCSc1ccc(Cl)cc1. The van der Waals surface area contributed by atoms with Crippen LogP contribution < -0.4 is 5.32 Å². The molecule has 0 aromatic heterocycles. The Morgan fingerprint density at radius 3 is 2.48 bits per heavy atom. The van der Waals surface area contributed by atoms with Crippen LogP contribution in [0.5, 0.6) is 0 Å². The van der Waals surface area contributed by atoms with Gasteiger partial charge in [0.25, 0.3) is 0 Å². The molecule has 0 spiro atoms. The molecule has 2 amide bonds. The highest BCUT2D eigenvalue weighted by Crippen LogP contribution is 2.22. The van der Waals surface area contributed by atoms with E-state index in [-0.39, 0.29) is 11.8 Å². The van der Waals surface area contributed by atoms with E-state index < -0.39 is 6.04 Å². The van der Waals surface area contributed by atoms with Crippen molar-refractivity contribution in [1.82, 2.24) is 10.2 Å². The van der Waals surface area contributed by atoms with Gasteiger partial charge in [-0.25, -0.2) is 0 Å². The molecular formula is C24H30BrClN2O2S. The summed E-state index contributed by atoms with van der Waals surface area (Å²) in [4.78, 5) is 28.6. The summed E-state index contributed by atoms with van der Waals surface area (Å²) in [6.45, 7) is 6.90. The van der Waals surface area contributed by atoms with Gasteiger partial charge in [-0.15, -0.1) is 11.8 Å². The molecule has 0 aliphatic carbocycles. The molecule has 2 aromatic carbocycles. The van der Waals surface area contributed by atoms with E-state index in [1.165, 1.54) is 0 Å². The Kier molecular flexibility index (Phi) is 10.9. The maximum atomic E-state index is 13.1. The second-order valence-electron chi connectivity index (χ2n) is 7.87. The number of hydrogen-bond donors (Lipinski definition) is 1. The van der Waals surface area contributed by atoms with Gasteiger partial charge in [-0.1, -0.05) is 53.5 Å². The summed E-state index contributed by atoms with van der Waals surface area (Å²) < 4.78 is 0.952. The van der Waals surface area contributed by atoms with Crippen molar-refractivity contribution in [1.29, 1.82) is 0 Å². The van der Waals surface area contributed by atoms with Crippen LogP contribution in [0, 0.1) is 5.92 Å². The van der Waals surface area contributed by atoms with Crippen molar-refractivity contribution in [3.8, 4) is 0 Å². The fourth-order valence-corrected chi connectivity index (χ4v) is 4.38. The fourth-order valence-electron chi connectivity index (χ4n) is 2.95. The maximum Gasteiger partial charge on any atom is 0.242 e. The van der Waals surface area contributed by atoms with Gasteiger partial charge in [-0.3, -0.25) is 9.59 Å². The topological polar surface area (TPSA) is 49.4 Å². The number of nitrogens with zero attached hydrogens (tertiary/aromatic N) is 1. The largest absolute Gasteiger partial charge is 0.354 e. The second kappa shape index (κ2) is 13.1. The van der Waals surface area contributed by atoms with Crippen LogP contribution in [0.25, 0.3) is 0 Å². The minimum atomic E-state index is -0.533. The Bertz CT molecular complexity index is 861. The second-order valence-corrected chi connectivity index (χ2v) is 10.4. The van der Waals surface area contributed by atoms with Crippen molar-refractivity contribution < 1.29 is 9.59 Å². The van der Waals surface area contributed by atoms with Crippen LogP contribution in [0.2, 0.25) is 5.02 Å². The van der Waals surface area contributed by atoms with Gasteiger partial charge in [0.15, 0.2) is 0 Å². The molecule has 0 radical (unpaired) electrons. The Labute approximate surface area is 203 Å². The van der Waals surface area contributed by atoms with Gasteiger partial charge in [-0.2, -0.15) is 0 Å². The summed E-state index contributed by atoms with van der Waals surface area (Å²) in [6, 6.07) is 15.0. The number of thioether (sulfide) groups is 1. The molecule has 1 atom stereocenters. The highest BCUT2D eigenvalue weighted by atomic mass is 79.9. The molecule has 0 bridgehead atoms. The number of benzene rings is 2. The van der Waals surface area contributed by atoms with Crippen molar-refractivity contribution in [2.45, 2.75) is 51.1 Å². The molecule has 0 heterocycles. The molecular weight excluding hydrogens is 496 g/mol. The van der Waals surface area contributed by atoms with Gasteiger partial charge in [0.05, 0.1) is 0 Å². The van der Waals surface area contributed by atoms with Crippen LogP contribution in [0.3, 0.4) is 0 Å². The van der Waals surface area contributed by atoms with Crippen LogP contribution in [-0.4, -0.2) is 35.1 Å². The number of hydrogen-bond acceptors (Lipinski definition) is 3. The number of nitrogens with one attached hydrogen (secondary N) is 1. The van der Waals surface area contributed by atoms with Crippen molar-refractivity contribution >= 4 is 51.1 Å². The average molecular weight is 526 g/mol. The molecule has 1 N–H and O–H groups in total. The lowest BCUT2D eigenvalue weighted by Gasteiger charge is -2.29. The quantitative estimate of drug-likeness (QED) is 0.282. The lowest BCUT2D eigenvalue weighted by Crippen LogP contribution is -2.48. The molecule has 4 nitrogen and oxygen atoms in total. The highest BCUT2D eigenvalue weighted by Gasteiger charge is 2.25. The zero-order valence-corrected chi connectivity index (χ0v) is 21.4. The maximum absolute atomic E-state index is 13.1. The molecule has 0 aliphatic rings. The van der Waals surface area contributed by atoms with E-state index in [0.717, 1.165) is 27.1 Å². The van der Waals surface area contributed by atoms with Crippen LogP contribution in [0.15, 0.2) is 57.9 Å². The molecule has 0 saturated carbocycles. The van der Waals surface area contributed by atoms with Crippen molar-refractivity contribution in [2.75, 3.05) is 12.3 Å². The molecule has 0 fully saturated rings. The third kappa shape index (κ3) is 9.26. The molecule has 1 unspecified atom stereocenters. The van der Waals surface area contributed by atoms with E-state index in [1.54, 1.807) is 23.6 Å². The van der Waals surface area contributed by atoms with Crippen LogP contribution >= 0.6 is 39.3 Å². The first-order valence-corrected chi connectivity index (χ1v) is 12.6. The van der Waals surface area contributed by atoms with Crippen LogP contribution in [-0.2, 0) is 16.1 Å².